The van der Waals surface area contributed by atoms with Gasteiger partial charge in [0.05, 0.1) is 16.8 Å². The van der Waals surface area contributed by atoms with Gasteiger partial charge in [0, 0.05) is 21.5 Å². The van der Waals surface area contributed by atoms with E-state index < -0.39 is 11.8 Å². The Balaban J connectivity index is 2.29. The molecule has 3 rings (SSSR count). The van der Waals surface area contributed by atoms with Gasteiger partial charge in [0.25, 0.3) is 0 Å². The Morgan fingerprint density at radius 2 is 1.81 bits per heavy atom. The molecule has 1 N–H and O–H groups in total. The number of aromatic nitrogens is 1. The minimum atomic E-state index is -1.06. The minimum Gasteiger partial charge on any atom is -0.478 e. The molecule has 2 aromatic carbocycles. The standard InChI is InChI=1S/C16H9BrFNO2/c17-10-3-1-9(2-4-10)14-8-13(16(20)21)12-6-5-11(18)7-15(12)19-14/h1-8H,(H,20,21). The zero-order valence-corrected chi connectivity index (χ0v) is 12.3. The maximum atomic E-state index is 13.4. The summed E-state index contributed by atoms with van der Waals surface area (Å²) in [7, 11) is 0. The monoisotopic (exact) mass is 345 g/mol. The molecule has 0 aliphatic heterocycles. The Bertz CT molecular complexity index is 847. The SMILES string of the molecule is O=C(O)c1cc(-c2ccc(Br)cc2)nc2cc(F)ccc12. The molecule has 5 heteroatoms. The van der Waals surface area contributed by atoms with Crippen LogP contribution >= 0.6 is 15.9 Å². The van der Waals surface area contributed by atoms with Gasteiger partial charge in [-0.2, -0.15) is 0 Å². The third-order valence-electron chi connectivity index (χ3n) is 3.14. The first kappa shape index (κ1) is 13.7. The van der Waals surface area contributed by atoms with Gasteiger partial charge in [-0.3, -0.25) is 0 Å². The summed E-state index contributed by atoms with van der Waals surface area (Å²) in [6, 6.07) is 12.7. The van der Waals surface area contributed by atoms with E-state index in [1.807, 2.05) is 24.3 Å². The number of pyridine rings is 1. The normalized spacial score (nSPS) is 10.8. The van der Waals surface area contributed by atoms with Gasteiger partial charge in [0.2, 0.25) is 0 Å². The van der Waals surface area contributed by atoms with E-state index in [0.29, 0.717) is 16.6 Å². The Labute approximate surface area is 128 Å². The van der Waals surface area contributed by atoms with Crippen molar-refractivity contribution in [3.05, 3.63) is 64.4 Å². The van der Waals surface area contributed by atoms with Crippen molar-refractivity contribution in [3.8, 4) is 11.3 Å². The zero-order chi connectivity index (χ0) is 15.0. The van der Waals surface area contributed by atoms with Gasteiger partial charge in [0.1, 0.15) is 5.82 Å². The fraction of sp³-hybridized carbons (Fsp3) is 0. The van der Waals surface area contributed by atoms with Gasteiger partial charge in [-0.1, -0.05) is 28.1 Å². The van der Waals surface area contributed by atoms with Crippen molar-refractivity contribution in [2.75, 3.05) is 0 Å². The summed E-state index contributed by atoms with van der Waals surface area (Å²) < 4.78 is 14.3. The van der Waals surface area contributed by atoms with Crippen LogP contribution in [0.4, 0.5) is 4.39 Å². The highest BCUT2D eigenvalue weighted by Crippen LogP contribution is 2.26. The molecule has 0 unspecified atom stereocenters. The number of halogens is 2. The molecule has 0 saturated heterocycles. The van der Waals surface area contributed by atoms with Gasteiger partial charge in [-0.05, 0) is 30.3 Å². The largest absolute Gasteiger partial charge is 0.478 e. The summed E-state index contributed by atoms with van der Waals surface area (Å²) in [5, 5.41) is 9.76. The molecule has 1 aromatic heterocycles. The third kappa shape index (κ3) is 2.64. The molecular formula is C16H9BrFNO2. The molecule has 0 bridgehead atoms. The van der Waals surface area contributed by atoms with E-state index in [4.69, 9.17) is 0 Å². The fourth-order valence-corrected chi connectivity index (χ4v) is 2.41. The topological polar surface area (TPSA) is 50.2 Å². The van der Waals surface area contributed by atoms with E-state index in [1.165, 1.54) is 24.3 Å². The fourth-order valence-electron chi connectivity index (χ4n) is 2.15. The lowest BCUT2D eigenvalue weighted by atomic mass is 10.0. The number of fused-ring (bicyclic) bond motifs is 1. The van der Waals surface area contributed by atoms with Crippen LogP contribution in [0.15, 0.2) is 53.0 Å². The second kappa shape index (κ2) is 5.26. The van der Waals surface area contributed by atoms with Crippen LogP contribution in [0.1, 0.15) is 10.4 Å². The zero-order valence-electron chi connectivity index (χ0n) is 10.7. The van der Waals surface area contributed by atoms with Gasteiger partial charge < -0.3 is 5.11 Å². The summed E-state index contributed by atoms with van der Waals surface area (Å²) in [5.41, 5.74) is 1.70. The van der Waals surface area contributed by atoms with Gasteiger partial charge in [-0.15, -0.1) is 0 Å². The van der Waals surface area contributed by atoms with Crippen LogP contribution in [0, 0.1) is 5.82 Å². The van der Waals surface area contributed by atoms with Crippen LogP contribution in [-0.4, -0.2) is 16.1 Å². The van der Waals surface area contributed by atoms with E-state index in [-0.39, 0.29) is 5.56 Å². The van der Waals surface area contributed by atoms with E-state index in [0.717, 1.165) is 10.0 Å². The smallest absolute Gasteiger partial charge is 0.336 e. The number of carbonyl (C=O) groups is 1. The first-order valence-electron chi connectivity index (χ1n) is 6.14. The van der Waals surface area contributed by atoms with Crippen molar-refractivity contribution in [1.82, 2.24) is 4.98 Å². The van der Waals surface area contributed by atoms with Crippen molar-refractivity contribution >= 4 is 32.8 Å². The Hall–Kier alpha value is -2.27. The van der Waals surface area contributed by atoms with Crippen LogP contribution in [0.3, 0.4) is 0 Å². The Kier molecular flexibility index (Phi) is 3.43. The molecule has 0 fully saturated rings. The Morgan fingerprint density at radius 3 is 2.48 bits per heavy atom. The van der Waals surface area contributed by atoms with E-state index >= 15 is 0 Å². The van der Waals surface area contributed by atoms with E-state index in [2.05, 4.69) is 20.9 Å². The van der Waals surface area contributed by atoms with Crippen molar-refractivity contribution in [3.63, 3.8) is 0 Å². The first-order valence-corrected chi connectivity index (χ1v) is 6.93. The van der Waals surface area contributed by atoms with E-state index in [1.54, 1.807) is 0 Å². The molecular weight excluding hydrogens is 337 g/mol. The molecule has 0 radical (unpaired) electrons. The van der Waals surface area contributed by atoms with Crippen LogP contribution in [-0.2, 0) is 0 Å². The molecule has 21 heavy (non-hydrogen) atoms. The molecule has 0 amide bonds. The summed E-state index contributed by atoms with van der Waals surface area (Å²) in [6.45, 7) is 0. The average molecular weight is 346 g/mol. The second-order valence-corrected chi connectivity index (χ2v) is 5.44. The molecule has 3 nitrogen and oxygen atoms in total. The van der Waals surface area contributed by atoms with Crippen LogP contribution in [0.5, 0.6) is 0 Å². The van der Waals surface area contributed by atoms with Gasteiger partial charge >= 0.3 is 5.97 Å². The quantitative estimate of drug-likeness (QED) is 0.743. The molecule has 0 spiro atoms. The summed E-state index contributed by atoms with van der Waals surface area (Å²) in [6.07, 6.45) is 0. The molecule has 1 heterocycles. The lowest BCUT2D eigenvalue weighted by molar-refractivity contribution is 0.0699. The van der Waals surface area contributed by atoms with Crippen LogP contribution in [0.25, 0.3) is 22.2 Å². The van der Waals surface area contributed by atoms with Crippen molar-refractivity contribution in [1.29, 1.82) is 0 Å². The summed E-state index contributed by atoms with van der Waals surface area (Å²) in [5.74, 6) is -1.51. The first-order chi connectivity index (χ1) is 10.0. The molecule has 104 valence electrons. The number of hydrogen-bond acceptors (Lipinski definition) is 2. The van der Waals surface area contributed by atoms with Gasteiger partial charge in [-0.25, -0.2) is 14.2 Å². The third-order valence-corrected chi connectivity index (χ3v) is 3.67. The maximum absolute atomic E-state index is 13.4. The van der Waals surface area contributed by atoms with Crippen molar-refractivity contribution < 1.29 is 14.3 Å². The van der Waals surface area contributed by atoms with Crippen LogP contribution < -0.4 is 0 Å². The average Bonchev–Trinajstić information content (AvgIpc) is 2.46. The predicted octanol–water partition coefficient (Wildman–Crippen LogP) is 4.50. The van der Waals surface area contributed by atoms with Crippen LogP contribution in [0.2, 0.25) is 0 Å². The number of nitrogens with zero attached hydrogens (tertiary/aromatic N) is 1. The number of rotatable bonds is 2. The number of carboxylic acids is 1. The number of hydrogen-bond donors (Lipinski definition) is 1. The number of carboxylic acid groups (broad SMARTS) is 1. The predicted molar refractivity (Wildman–Crippen MR) is 81.8 cm³/mol. The van der Waals surface area contributed by atoms with Gasteiger partial charge in [0.15, 0.2) is 0 Å². The maximum Gasteiger partial charge on any atom is 0.336 e. The highest BCUT2D eigenvalue weighted by Gasteiger charge is 2.13. The van der Waals surface area contributed by atoms with E-state index in [9.17, 15) is 14.3 Å². The molecule has 0 aliphatic carbocycles. The lowest BCUT2D eigenvalue weighted by Crippen LogP contribution is -2.00. The second-order valence-electron chi connectivity index (χ2n) is 4.53. The molecule has 0 atom stereocenters. The summed E-state index contributed by atoms with van der Waals surface area (Å²) in [4.78, 5) is 15.8. The minimum absolute atomic E-state index is 0.109. The number of aromatic carboxylic acids is 1. The lowest BCUT2D eigenvalue weighted by Gasteiger charge is -2.07. The number of benzene rings is 2. The highest BCUT2D eigenvalue weighted by atomic mass is 79.9. The molecule has 0 saturated carbocycles. The molecule has 3 aromatic rings. The Morgan fingerprint density at radius 1 is 1.10 bits per heavy atom. The summed E-state index contributed by atoms with van der Waals surface area (Å²) >= 11 is 3.34. The highest BCUT2D eigenvalue weighted by molar-refractivity contribution is 9.10. The van der Waals surface area contributed by atoms with Crippen molar-refractivity contribution in [2.45, 2.75) is 0 Å². The molecule has 0 aliphatic rings. The van der Waals surface area contributed by atoms with Crippen molar-refractivity contribution in [2.24, 2.45) is 0 Å².